The van der Waals surface area contributed by atoms with Crippen molar-refractivity contribution in [3.8, 4) is 17.2 Å². The molecule has 1 aromatic heterocycles. The molecule has 0 spiro atoms. The molecule has 0 amide bonds. The Morgan fingerprint density at radius 3 is 2.73 bits per heavy atom. The normalized spacial score (nSPS) is 10.9. The molecule has 0 radical (unpaired) electrons. The fourth-order valence-electron chi connectivity index (χ4n) is 2.87. The zero-order valence-corrected chi connectivity index (χ0v) is 15.4. The van der Waals surface area contributed by atoms with E-state index in [2.05, 4.69) is 11.9 Å². The number of ether oxygens (including phenoxy) is 2. The molecule has 0 atom stereocenters. The number of aryl methyl sites for hydroxylation is 2. The van der Waals surface area contributed by atoms with Crippen molar-refractivity contribution in [3.05, 3.63) is 52.7 Å². The number of aromatic nitrogens is 1. The van der Waals surface area contributed by atoms with Gasteiger partial charge < -0.3 is 19.6 Å². The highest BCUT2D eigenvalue weighted by molar-refractivity contribution is 6.32. The number of carboxylic acids is 1. The smallest absolute Gasteiger partial charge is 0.341 e. The number of carboxylic acid groups (broad SMARTS) is 1. The molecule has 6 heteroatoms. The van der Waals surface area contributed by atoms with Crippen molar-refractivity contribution < 1.29 is 19.4 Å². The minimum absolute atomic E-state index is 0.369. The zero-order valence-electron chi connectivity index (χ0n) is 14.6. The predicted octanol–water partition coefficient (Wildman–Crippen LogP) is 5.34. The number of aliphatic carboxylic acids is 1. The van der Waals surface area contributed by atoms with E-state index in [1.54, 1.807) is 12.1 Å². The number of aromatic amines is 1. The van der Waals surface area contributed by atoms with Gasteiger partial charge in [-0.3, -0.25) is 0 Å². The van der Waals surface area contributed by atoms with Crippen LogP contribution in [0.2, 0.25) is 5.02 Å². The molecular weight excluding hydrogens is 354 g/mol. The summed E-state index contributed by atoms with van der Waals surface area (Å²) in [6.07, 6.45) is 4.10. The molecule has 0 unspecified atom stereocenters. The number of halogens is 1. The van der Waals surface area contributed by atoms with E-state index in [-0.39, 0.29) is 0 Å². The maximum absolute atomic E-state index is 10.6. The summed E-state index contributed by atoms with van der Waals surface area (Å²) in [5.41, 5.74) is 3.09. The molecule has 0 aliphatic heterocycles. The van der Waals surface area contributed by atoms with E-state index in [0.29, 0.717) is 22.3 Å². The predicted molar refractivity (Wildman–Crippen MR) is 102 cm³/mol. The lowest BCUT2D eigenvalue weighted by Crippen LogP contribution is -2.09. The minimum atomic E-state index is -1.04. The third kappa shape index (κ3) is 3.94. The van der Waals surface area contributed by atoms with Crippen LogP contribution in [-0.4, -0.2) is 22.7 Å². The van der Waals surface area contributed by atoms with Gasteiger partial charge in [0, 0.05) is 23.2 Å². The number of H-pyrrole nitrogens is 1. The highest BCUT2D eigenvalue weighted by atomic mass is 35.5. The number of hydrogen-bond donors (Lipinski definition) is 2. The van der Waals surface area contributed by atoms with Crippen LogP contribution in [-0.2, 0) is 11.2 Å². The second-order valence-corrected chi connectivity index (χ2v) is 6.51. The molecule has 0 aliphatic rings. The molecule has 3 aromatic rings. The monoisotopic (exact) mass is 373 g/mol. The summed E-state index contributed by atoms with van der Waals surface area (Å²) < 4.78 is 11.2. The number of carbonyl (C=O) groups is 1. The van der Waals surface area contributed by atoms with Crippen molar-refractivity contribution in [1.82, 2.24) is 4.98 Å². The third-order valence-electron chi connectivity index (χ3n) is 4.04. The van der Waals surface area contributed by atoms with Gasteiger partial charge in [0.2, 0.25) is 0 Å². The molecule has 0 saturated carbocycles. The topological polar surface area (TPSA) is 71.5 Å². The van der Waals surface area contributed by atoms with Crippen molar-refractivity contribution in [2.75, 3.05) is 6.61 Å². The van der Waals surface area contributed by atoms with Gasteiger partial charge in [0.1, 0.15) is 17.2 Å². The number of fused-ring (bicyclic) bond motifs is 1. The van der Waals surface area contributed by atoms with E-state index >= 15 is 0 Å². The Hall–Kier alpha value is -2.66. The van der Waals surface area contributed by atoms with Gasteiger partial charge in [0.25, 0.3) is 0 Å². The molecule has 0 fully saturated rings. The lowest BCUT2D eigenvalue weighted by atomic mass is 10.1. The van der Waals surface area contributed by atoms with Crippen molar-refractivity contribution in [2.45, 2.75) is 26.7 Å². The molecule has 0 saturated heterocycles. The van der Waals surface area contributed by atoms with Crippen LogP contribution in [0.3, 0.4) is 0 Å². The third-order valence-corrected chi connectivity index (χ3v) is 4.32. The maximum Gasteiger partial charge on any atom is 0.341 e. The van der Waals surface area contributed by atoms with Crippen LogP contribution in [0.15, 0.2) is 36.5 Å². The van der Waals surface area contributed by atoms with Gasteiger partial charge in [-0.15, -0.1) is 0 Å². The molecule has 26 heavy (non-hydrogen) atoms. The van der Waals surface area contributed by atoms with E-state index in [9.17, 15) is 4.79 Å². The van der Waals surface area contributed by atoms with Gasteiger partial charge >= 0.3 is 5.97 Å². The summed E-state index contributed by atoms with van der Waals surface area (Å²) in [7, 11) is 0. The van der Waals surface area contributed by atoms with E-state index in [1.807, 2.05) is 31.3 Å². The van der Waals surface area contributed by atoms with E-state index in [1.165, 1.54) is 5.56 Å². The average Bonchev–Trinajstić information content (AvgIpc) is 2.99. The van der Waals surface area contributed by atoms with Gasteiger partial charge in [-0.25, -0.2) is 4.79 Å². The molecule has 0 aliphatic carbocycles. The van der Waals surface area contributed by atoms with Crippen LogP contribution >= 0.6 is 11.6 Å². The average molecular weight is 374 g/mol. The minimum Gasteiger partial charge on any atom is -0.482 e. The molecule has 2 N–H and O–H groups in total. The van der Waals surface area contributed by atoms with Gasteiger partial charge in [-0.2, -0.15) is 0 Å². The van der Waals surface area contributed by atoms with Gasteiger partial charge in [0.05, 0.1) is 5.02 Å². The molecule has 5 nitrogen and oxygen atoms in total. The Kier molecular flexibility index (Phi) is 5.38. The lowest BCUT2D eigenvalue weighted by Gasteiger charge is -2.13. The number of rotatable bonds is 7. The van der Waals surface area contributed by atoms with E-state index < -0.39 is 12.6 Å². The second kappa shape index (κ2) is 7.70. The van der Waals surface area contributed by atoms with Gasteiger partial charge in [-0.05, 0) is 48.7 Å². The quantitative estimate of drug-likeness (QED) is 0.586. The zero-order chi connectivity index (χ0) is 18.7. The standard InChI is InChI=1S/C20H20ClNO4/c1-3-4-13-10-22-18-6-5-14(8-16(13)18)26-20-12(2)7-15(9-17(20)21)25-11-19(23)24/h5-10,22H,3-4,11H2,1-2H3,(H,23,24). The highest BCUT2D eigenvalue weighted by Crippen LogP contribution is 2.37. The Balaban J connectivity index is 1.87. The SMILES string of the molecule is CCCc1c[nH]c2ccc(Oc3c(C)cc(OCC(=O)O)cc3Cl)cc12. The molecule has 2 aromatic carbocycles. The van der Waals surface area contributed by atoms with Gasteiger partial charge in [-0.1, -0.05) is 24.9 Å². The first-order valence-electron chi connectivity index (χ1n) is 8.40. The molecule has 136 valence electrons. The van der Waals surface area contributed by atoms with Crippen LogP contribution < -0.4 is 9.47 Å². The molecule has 0 bridgehead atoms. The Bertz CT molecular complexity index is 925. The van der Waals surface area contributed by atoms with E-state index in [4.69, 9.17) is 26.2 Å². The van der Waals surface area contributed by atoms with E-state index in [0.717, 1.165) is 29.3 Å². The summed E-state index contributed by atoms with van der Waals surface area (Å²) in [4.78, 5) is 13.9. The van der Waals surface area contributed by atoms with Gasteiger partial charge in [0.15, 0.2) is 6.61 Å². The van der Waals surface area contributed by atoms with Crippen LogP contribution in [0.25, 0.3) is 10.9 Å². The molecular formula is C20H20ClNO4. The fourth-order valence-corrected chi connectivity index (χ4v) is 3.17. The Labute approximate surface area is 156 Å². The molecule has 3 rings (SSSR count). The van der Waals surface area contributed by atoms with Crippen LogP contribution in [0.1, 0.15) is 24.5 Å². The van der Waals surface area contributed by atoms with Crippen molar-refractivity contribution in [1.29, 1.82) is 0 Å². The lowest BCUT2D eigenvalue weighted by molar-refractivity contribution is -0.139. The first-order valence-corrected chi connectivity index (χ1v) is 8.78. The first kappa shape index (κ1) is 18.1. The van der Waals surface area contributed by atoms with Crippen molar-refractivity contribution in [3.63, 3.8) is 0 Å². The summed E-state index contributed by atoms with van der Waals surface area (Å²) in [6.45, 7) is 3.57. The molecule has 1 heterocycles. The maximum atomic E-state index is 10.6. The number of benzene rings is 2. The fraction of sp³-hybridized carbons (Fsp3) is 0.250. The van der Waals surface area contributed by atoms with Crippen LogP contribution in [0.4, 0.5) is 0 Å². The van der Waals surface area contributed by atoms with Crippen LogP contribution in [0.5, 0.6) is 17.2 Å². The largest absolute Gasteiger partial charge is 0.482 e. The second-order valence-electron chi connectivity index (χ2n) is 6.11. The van der Waals surface area contributed by atoms with Crippen molar-refractivity contribution >= 4 is 28.5 Å². The Morgan fingerprint density at radius 2 is 2.04 bits per heavy atom. The highest BCUT2D eigenvalue weighted by Gasteiger charge is 2.12. The number of hydrogen-bond acceptors (Lipinski definition) is 3. The summed E-state index contributed by atoms with van der Waals surface area (Å²) in [5.74, 6) is 0.579. The van der Waals surface area contributed by atoms with Crippen LogP contribution in [0, 0.1) is 6.92 Å². The summed E-state index contributed by atoms with van der Waals surface area (Å²) in [6, 6.07) is 9.14. The Morgan fingerprint density at radius 1 is 1.23 bits per heavy atom. The summed E-state index contributed by atoms with van der Waals surface area (Å²) >= 11 is 6.32. The summed E-state index contributed by atoms with van der Waals surface area (Å²) in [5, 5.41) is 10.2. The van der Waals surface area contributed by atoms with Crippen molar-refractivity contribution in [2.24, 2.45) is 0 Å². The first-order chi connectivity index (χ1) is 12.5. The number of nitrogens with one attached hydrogen (secondary N) is 1.